The minimum atomic E-state index is -0.406. The number of rotatable bonds is 6. The molecule has 2 aromatic carbocycles. The molecule has 0 aliphatic carbocycles. The van der Waals surface area contributed by atoms with E-state index in [1.165, 1.54) is 5.56 Å². The van der Waals surface area contributed by atoms with Crippen molar-refractivity contribution in [3.8, 4) is 0 Å². The Hall–Kier alpha value is -2.18. The van der Waals surface area contributed by atoms with Gasteiger partial charge in [-0.05, 0) is 41.8 Å². The summed E-state index contributed by atoms with van der Waals surface area (Å²) in [5.41, 5.74) is 8.12. The summed E-state index contributed by atoms with van der Waals surface area (Å²) in [6.07, 6.45) is 1.32. The molecule has 0 radical (unpaired) electrons. The molecule has 0 unspecified atom stereocenters. The molecule has 142 valence electrons. The van der Waals surface area contributed by atoms with Gasteiger partial charge in [-0.3, -0.25) is 14.5 Å². The highest BCUT2D eigenvalue weighted by atomic mass is 79.9. The van der Waals surface area contributed by atoms with Crippen LogP contribution in [0.1, 0.15) is 27.9 Å². The van der Waals surface area contributed by atoms with E-state index in [0.717, 1.165) is 49.2 Å². The second-order valence-electron chi connectivity index (χ2n) is 6.85. The molecule has 27 heavy (non-hydrogen) atoms. The summed E-state index contributed by atoms with van der Waals surface area (Å²) in [6, 6.07) is 15.5. The van der Waals surface area contributed by atoms with E-state index in [9.17, 15) is 9.59 Å². The van der Waals surface area contributed by atoms with Gasteiger partial charge in [0.25, 0.3) is 0 Å². The van der Waals surface area contributed by atoms with Gasteiger partial charge in [0.15, 0.2) is 0 Å². The molecular formula is C21H24BrN3O2. The van der Waals surface area contributed by atoms with Crippen molar-refractivity contribution in [1.82, 2.24) is 9.80 Å². The Morgan fingerprint density at radius 1 is 0.963 bits per heavy atom. The van der Waals surface area contributed by atoms with E-state index >= 15 is 0 Å². The quantitative estimate of drug-likeness (QED) is 0.767. The van der Waals surface area contributed by atoms with Gasteiger partial charge in [0.2, 0.25) is 11.8 Å². The number of aryl methyl sites for hydroxylation is 1. The number of nitrogens with zero attached hydrogens (tertiary/aromatic N) is 2. The minimum Gasteiger partial charge on any atom is -0.366 e. The van der Waals surface area contributed by atoms with Crippen LogP contribution in [0, 0.1) is 0 Å². The number of halogens is 1. The van der Waals surface area contributed by atoms with Gasteiger partial charge in [-0.2, -0.15) is 0 Å². The van der Waals surface area contributed by atoms with Crippen molar-refractivity contribution in [2.75, 3.05) is 26.2 Å². The van der Waals surface area contributed by atoms with Gasteiger partial charge in [-0.15, -0.1) is 0 Å². The number of carbonyl (C=O) groups excluding carboxylic acids is 2. The molecule has 0 atom stereocenters. The molecule has 5 nitrogen and oxygen atoms in total. The topological polar surface area (TPSA) is 66.6 Å². The maximum absolute atomic E-state index is 12.5. The van der Waals surface area contributed by atoms with E-state index in [-0.39, 0.29) is 5.91 Å². The lowest BCUT2D eigenvalue weighted by atomic mass is 10.1. The van der Waals surface area contributed by atoms with Gasteiger partial charge in [-0.25, -0.2) is 0 Å². The highest BCUT2D eigenvalue weighted by molar-refractivity contribution is 9.10. The van der Waals surface area contributed by atoms with Crippen LogP contribution in [-0.2, 0) is 17.8 Å². The van der Waals surface area contributed by atoms with Gasteiger partial charge >= 0.3 is 0 Å². The predicted molar refractivity (Wildman–Crippen MR) is 109 cm³/mol. The number of benzene rings is 2. The van der Waals surface area contributed by atoms with Crippen LogP contribution in [-0.4, -0.2) is 47.8 Å². The third-order valence-corrected chi connectivity index (χ3v) is 5.38. The maximum atomic E-state index is 12.5. The lowest BCUT2D eigenvalue weighted by Crippen LogP contribution is -2.48. The fourth-order valence-corrected chi connectivity index (χ4v) is 3.74. The Morgan fingerprint density at radius 3 is 2.30 bits per heavy atom. The van der Waals surface area contributed by atoms with Crippen molar-refractivity contribution < 1.29 is 9.59 Å². The third kappa shape index (κ3) is 5.65. The van der Waals surface area contributed by atoms with Crippen molar-refractivity contribution in [1.29, 1.82) is 0 Å². The smallest absolute Gasteiger partial charge is 0.248 e. The normalized spacial score (nSPS) is 14.9. The van der Waals surface area contributed by atoms with Gasteiger partial charge in [0.1, 0.15) is 0 Å². The summed E-state index contributed by atoms with van der Waals surface area (Å²) in [5, 5.41) is 0. The van der Waals surface area contributed by atoms with Crippen LogP contribution in [0.25, 0.3) is 0 Å². The number of primary amides is 1. The second-order valence-corrected chi connectivity index (χ2v) is 7.76. The van der Waals surface area contributed by atoms with Crippen molar-refractivity contribution >= 4 is 27.7 Å². The Balaban J connectivity index is 1.44. The summed E-state index contributed by atoms with van der Waals surface area (Å²) in [7, 11) is 0. The van der Waals surface area contributed by atoms with Crippen LogP contribution in [0.2, 0.25) is 0 Å². The Bertz CT molecular complexity index is 799. The molecule has 0 spiro atoms. The monoisotopic (exact) mass is 429 g/mol. The minimum absolute atomic E-state index is 0.223. The fraction of sp³-hybridized carbons (Fsp3) is 0.333. The molecule has 1 heterocycles. The van der Waals surface area contributed by atoms with E-state index in [2.05, 4.69) is 33.0 Å². The Kier molecular flexibility index (Phi) is 6.63. The van der Waals surface area contributed by atoms with Gasteiger partial charge in [0.05, 0.1) is 0 Å². The largest absolute Gasteiger partial charge is 0.366 e. The van der Waals surface area contributed by atoms with E-state index in [0.29, 0.717) is 12.0 Å². The van der Waals surface area contributed by atoms with Crippen molar-refractivity contribution in [2.24, 2.45) is 5.73 Å². The summed E-state index contributed by atoms with van der Waals surface area (Å²) >= 11 is 3.47. The predicted octanol–water partition coefficient (Wildman–Crippen LogP) is 2.83. The van der Waals surface area contributed by atoms with E-state index in [1.54, 1.807) is 12.1 Å². The van der Waals surface area contributed by atoms with Crippen LogP contribution < -0.4 is 5.73 Å². The van der Waals surface area contributed by atoms with Crippen LogP contribution in [0.3, 0.4) is 0 Å². The molecule has 1 fully saturated rings. The van der Waals surface area contributed by atoms with Crippen LogP contribution >= 0.6 is 15.9 Å². The standard InChI is InChI=1S/C21H24BrN3O2/c22-19-3-1-2-16(14-19)6-9-20(26)25-12-10-24(11-13-25)15-17-4-7-18(8-5-17)21(23)27/h1-5,7-8,14H,6,9-13,15H2,(H2,23,27). The number of hydrogen-bond donors (Lipinski definition) is 1. The number of amides is 2. The Morgan fingerprint density at radius 2 is 1.67 bits per heavy atom. The Labute approximate surface area is 168 Å². The van der Waals surface area contributed by atoms with Gasteiger partial charge in [-0.1, -0.05) is 40.2 Å². The van der Waals surface area contributed by atoms with Crippen molar-refractivity contribution in [3.05, 3.63) is 69.7 Å². The molecule has 0 bridgehead atoms. The molecule has 2 amide bonds. The SMILES string of the molecule is NC(=O)c1ccc(CN2CCN(C(=O)CCc3cccc(Br)c3)CC2)cc1. The average Bonchev–Trinajstić information content (AvgIpc) is 2.67. The zero-order chi connectivity index (χ0) is 19.2. The fourth-order valence-electron chi connectivity index (χ4n) is 3.29. The van der Waals surface area contributed by atoms with E-state index in [4.69, 9.17) is 5.73 Å². The molecule has 1 saturated heterocycles. The zero-order valence-electron chi connectivity index (χ0n) is 15.2. The van der Waals surface area contributed by atoms with Crippen molar-refractivity contribution in [3.63, 3.8) is 0 Å². The lowest BCUT2D eigenvalue weighted by molar-refractivity contribution is -0.133. The summed E-state index contributed by atoms with van der Waals surface area (Å²) in [4.78, 5) is 27.9. The molecule has 6 heteroatoms. The summed E-state index contributed by atoms with van der Waals surface area (Å²) in [5.74, 6) is -0.183. The third-order valence-electron chi connectivity index (χ3n) is 4.89. The average molecular weight is 430 g/mol. The summed E-state index contributed by atoms with van der Waals surface area (Å²) < 4.78 is 1.05. The van der Waals surface area contributed by atoms with Gasteiger partial charge in [0, 0.05) is 49.2 Å². The molecule has 0 aromatic heterocycles. The number of nitrogens with two attached hydrogens (primary N) is 1. The van der Waals surface area contributed by atoms with Crippen LogP contribution in [0.5, 0.6) is 0 Å². The molecule has 1 aliphatic rings. The lowest BCUT2D eigenvalue weighted by Gasteiger charge is -2.35. The first-order chi connectivity index (χ1) is 13.0. The molecule has 2 aromatic rings. The highest BCUT2D eigenvalue weighted by Crippen LogP contribution is 2.15. The molecule has 2 N–H and O–H groups in total. The zero-order valence-corrected chi connectivity index (χ0v) is 16.8. The maximum Gasteiger partial charge on any atom is 0.248 e. The first kappa shape index (κ1) is 19.6. The highest BCUT2D eigenvalue weighted by Gasteiger charge is 2.20. The molecule has 1 aliphatic heterocycles. The van der Waals surface area contributed by atoms with E-state index in [1.807, 2.05) is 29.2 Å². The molecule has 3 rings (SSSR count). The first-order valence-electron chi connectivity index (χ1n) is 9.14. The number of carbonyl (C=O) groups is 2. The van der Waals surface area contributed by atoms with E-state index < -0.39 is 5.91 Å². The second kappa shape index (κ2) is 9.15. The first-order valence-corrected chi connectivity index (χ1v) is 9.94. The molecule has 0 saturated carbocycles. The van der Waals surface area contributed by atoms with Crippen LogP contribution in [0.4, 0.5) is 0 Å². The number of hydrogen-bond acceptors (Lipinski definition) is 3. The van der Waals surface area contributed by atoms with Crippen LogP contribution in [0.15, 0.2) is 53.0 Å². The number of piperazine rings is 1. The molecular weight excluding hydrogens is 406 g/mol. The summed E-state index contributed by atoms with van der Waals surface area (Å²) in [6.45, 7) is 4.06. The van der Waals surface area contributed by atoms with Gasteiger partial charge < -0.3 is 10.6 Å². The van der Waals surface area contributed by atoms with Crippen molar-refractivity contribution in [2.45, 2.75) is 19.4 Å².